The van der Waals surface area contributed by atoms with Crippen molar-refractivity contribution in [1.29, 1.82) is 0 Å². The summed E-state index contributed by atoms with van der Waals surface area (Å²) in [5, 5.41) is 13.6. The molecule has 66 valence electrons. The van der Waals surface area contributed by atoms with Gasteiger partial charge in [-0.15, -0.1) is 0 Å². The fourth-order valence-electron chi connectivity index (χ4n) is 0.734. The van der Waals surface area contributed by atoms with Gasteiger partial charge >= 0.3 is 0 Å². The minimum atomic E-state index is -3.76. The third-order valence-electron chi connectivity index (χ3n) is 1.11. The quantitative estimate of drug-likeness (QED) is 0.610. The number of aromatic hydroxyl groups is 1. The van der Waals surface area contributed by atoms with Crippen LogP contribution in [0.4, 0.5) is 5.69 Å². The second kappa shape index (κ2) is 3.00. The number of hydrogen-bond donors (Lipinski definition) is 3. The van der Waals surface area contributed by atoms with Crippen LogP contribution in [-0.4, -0.2) is 13.5 Å². The van der Waals surface area contributed by atoms with Crippen LogP contribution in [0.2, 0.25) is 0 Å². The Morgan fingerprint density at radius 3 is 2.58 bits per heavy atom. The molecular weight excluding hydrogens is 180 g/mol. The van der Waals surface area contributed by atoms with E-state index in [-0.39, 0.29) is 11.4 Å². The van der Waals surface area contributed by atoms with Gasteiger partial charge in [-0.25, -0.2) is 5.14 Å². The number of nitrogens with two attached hydrogens (primary N) is 1. The Morgan fingerprint density at radius 2 is 2.08 bits per heavy atom. The van der Waals surface area contributed by atoms with Gasteiger partial charge in [0.1, 0.15) is 5.75 Å². The molecule has 0 bridgehead atoms. The van der Waals surface area contributed by atoms with Crippen molar-refractivity contribution in [3.8, 4) is 5.75 Å². The SMILES string of the molecule is NS(=O)(=O)Nc1cccc(O)c1. The third-order valence-corrected chi connectivity index (χ3v) is 1.63. The minimum absolute atomic E-state index is 0.0244. The summed E-state index contributed by atoms with van der Waals surface area (Å²) in [5.74, 6) is -0.0244. The topological polar surface area (TPSA) is 92.4 Å². The molecule has 0 aromatic heterocycles. The lowest BCUT2D eigenvalue weighted by Crippen LogP contribution is -2.21. The molecule has 1 aromatic rings. The van der Waals surface area contributed by atoms with Gasteiger partial charge < -0.3 is 5.11 Å². The highest BCUT2D eigenvalue weighted by Gasteiger charge is 2.01. The van der Waals surface area contributed by atoms with E-state index >= 15 is 0 Å². The zero-order chi connectivity index (χ0) is 9.19. The highest BCUT2D eigenvalue weighted by atomic mass is 32.2. The lowest BCUT2D eigenvalue weighted by atomic mass is 10.3. The molecule has 0 atom stereocenters. The van der Waals surface area contributed by atoms with Crippen LogP contribution in [0.15, 0.2) is 24.3 Å². The first kappa shape index (κ1) is 8.82. The van der Waals surface area contributed by atoms with Crippen molar-refractivity contribution in [2.24, 2.45) is 5.14 Å². The van der Waals surface area contributed by atoms with Gasteiger partial charge in [-0.1, -0.05) is 6.07 Å². The Balaban J connectivity index is 2.91. The van der Waals surface area contributed by atoms with Crippen molar-refractivity contribution < 1.29 is 13.5 Å². The van der Waals surface area contributed by atoms with Crippen molar-refractivity contribution in [3.63, 3.8) is 0 Å². The summed E-state index contributed by atoms with van der Waals surface area (Å²) in [6.07, 6.45) is 0. The number of phenols is 1. The van der Waals surface area contributed by atoms with Gasteiger partial charge in [-0.3, -0.25) is 4.72 Å². The number of rotatable bonds is 2. The molecule has 0 radical (unpaired) electrons. The molecule has 1 rings (SSSR count). The van der Waals surface area contributed by atoms with Gasteiger partial charge in [0.2, 0.25) is 0 Å². The number of hydrogen-bond acceptors (Lipinski definition) is 3. The maximum absolute atomic E-state index is 10.5. The Bertz CT molecular complexity index is 374. The van der Waals surface area contributed by atoms with E-state index in [1.54, 1.807) is 0 Å². The van der Waals surface area contributed by atoms with Crippen LogP contribution >= 0.6 is 0 Å². The van der Waals surface area contributed by atoms with E-state index in [4.69, 9.17) is 10.2 Å². The molecule has 0 aliphatic carbocycles. The molecule has 0 aliphatic heterocycles. The van der Waals surface area contributed by atoms with Crippen LogP contribution in [0.25, 0.3) is 0 Å². The van der Waals surface area contributed by atoms with E-state index < -0.39 is 10.2 Å². The van der Waals surface area contributed by atoms with Gasteiger partial charge in [0.05, 0.1) is 5.69 Å². The van der Waals surface area contributed by atoms with Crippen LogP contribution in [0.3, 0.4) is 0 Å². The average molecular weight is 188 g/mol. The predicted molar refractivity (Wildman–Crippen MR) is 44.8 cm³/mol. The smallest absolute Gasteiger partial charge is 0.296 e. The highest BCUT2D eigenvalue weighted by molar-refractivity contribution is 7.90. The fraction of sp³-hybridized carbons (Fsp3) is 0. The molecule has 5 nitrogen and oxygen atoms in total. The maximum Gasteiger partial charge on any atom is 0.296 e. The van der Waals surface area contributed by atoms with Gasteiger partial charge in [0, 0.05) is 6.07 Å². The van der Waals surface area contributed by atoms with E-state index in [0.717, 1.165) is 0 Å². The number of anilines is 1. The summed E-state index contributed by atoms with van der Waals surface area (Å²) in [5.41, 5.74) is 0.234. The number of phenolic OH excluding ortho intramolecular Hbond substituents is 1. The molecule has 0 saturated carbocycles. The van der Waals surface area contributed by atoms with E-state index in [1.807, 2.05) is 4.72 Å². The lowest BCUT2D eigenvalue weighted by molar-refractivity contribution is 0.475. The molecule has 6 heteroatoms. The van der Waals surface area contributed by atoms with Crippen LogP contribution in [0.1, 0.15) is 0 Å². The van der Waals surface area contributed by atoms with Crippen molar-refractivity contribution >= 4 is 15.9 Å². The monoisotopic (exact) mass is 188 g/mol. The van der Waals surface area contributed by atoms with Crippen molar-refractivity contribution in [2.45, 2.75) is 0 Å². The molecule has 0 heterocycles. The molecule has 12 heavy (non-hydrogen) atoms. The van der Waals surface area contributed by atoms with Crippen molar-refractivity contribution in [2.75, 3.05) is 4.72 Å². The molecule has 0 aliphatic rings. The highest BCUT2D eigenvalue weighted by Crippen LogP contribution is 2.15. The summed E-state index contributed by atoms with van der Waals surface area (Å²) >= 11 is 0. The van der Waals surface area contributed by atoms with E-state index in [0.29, 0.717) is 0 Å². The van der Waals surface area contributed by atoms with Gasteiger partial charge in [-0.05, 0) is 12.1 Å². The Labute approximate surface area is 70.0 Å². The molecule has 0 fully saturated rings. The standard InChI is InChI=1S/C6H8N2O3S/c7-12(10,11)8-5-2-1-3-6(9)4-5/h1-4,8-9H,(H2,7,10,11). The van der Waals surface area contributed by atoms with E-state index in [9.17, 15) is 8.42 Å². The number of benzene rings is 1. The molecule has 0 unspecified atom stereocenters. The minimum Gasteiger partial charge on any atom is -0.508 e. The lowest BCUT2D eigenvalue weighted by Gasteiger charge is -2.02. The second-order valence-corrected chi connectivity index (χ2v) is 3.49. The number of nitrogens with one attached hydrogen (secondary N) is 1. The van der Waals surface area contributed by atoms with Gasteiger partial charge in [0.25, 0.3) is 10.2 Å². The summed E-state index contributed by atoms with van der Waals surface area (Å²) in [4.78, 5) is 0. The van der Waals surface area contributed by atoms with Crippen LogP contribution in [0.5, 0.6) is 5.75 Å². The molecule has 1 aromatic carbocycles. The summed E-state index contributed by atoms with van der Waals surface area (Å²) < 4.78 is 23.0. The summed E-state index contributed by atoms with van der Waals surface area (Å²) in [7, 11) is -3.76. The second-order valence-electron chi connectivity index (χ2n) is 2.20. The first-order valence-corrected chi connectivity index (χ1v) is 4.61. The third kappa shape index (κ3) is 2.77. The first-order valence-electron chi connectivity index (χ1n) is 3.07. The maximum atomic E-state index is 10.5. The predicted octanol–water partition coefficient (Wildman–Crippen LogP) is 0.00760. The summed E-state index contributed by atoms with van der Waals surface area (Å²) in [6.45, 7) is 0. The largest absolute Gasteiger partial charge is 0.508 e. The molecule has 0 saturated heterocycles. The van der Waals surface area contributed by atoms with Crippen LogP contribution < -0.4 is 9.86 Å². The molecule has 0 spiro atoms. The Kier molecular flexibility index (Phi) is 2.20. The van der Waals surface area contributed by atoms with Crippen molar-refractivity contribution in [3.05, 3.63) is 24.3 Å². The molecular formula is C6H8N2O3S. The van der Waals surface area contributed by atoms with Crippen molar-refractivity contribution in [1.82, 2.24) is 0 Å². The summed E-state index contributed by atoms with van der Waals surface area (Å²) in [6, 6.07) is 5.66. The normalized spacial score (nSPS) is 11.1. The van der Waals surface area contributed by atoms with Gasteiger partial charge in [0.15, 0.2) is 0 Å². The molecule has 4 N–H and O–H groups in total. The first-order chi connectivity index (χ1) is 5.47. The Hall–Kier alpha value is -1.27. The van der Waals surface area contributed by atoms with E-state index in [2.05, 4.69) is 0 Å². The van der Waals surface area contributed by atoms with E-state index in [1.165, 1.54) is 24.3 Å². The van der Waals surface area contributed by atoms with Crippen LogP contribution in [-0.2, 0) is 10.2 Å². The molecule has 0 amide bonds. The van der Waals surface area contributed by atoms with Crippen LogP contribution in [0, 0.1) is 0 Å². The average Bonchev–Trinajstić information content (AvgIpc) is 1.82. The Morgan fingerprint density at radius 1 is 1.42 bits per heavy atom. The zero-order valence-corrected chi connectivity index (χ0v) is 6.88. The van der Waals surface area contributed by atoms with Gasteiger partial charge in [-0.2, -0.15) is 8.42 Å². The zero-order valence-electron chi connectivity index (χ0n) is 6.06. The fourth-order valence-corrected chi connectivity index (χ4v) is 1.19.